The number of aryl methyl sites for hydroxylation is 1. The van der Waals surface area contributed by atoms with E-state index in [1.54, 1.807) is 13.2 Å². The van der Waals surface area contributed by atoms with Crippen molar-refractivity contribution in [3.8, 4) is 0 Å². The van der Waals surface area contributed by atoms with E-state index in [9.17, 15) is 4.79 Å². The molecule has 3 rings (SSSR count). The second-order valence-electron chi connectivity index (χ2n) is 5.26. The summed E-state index contributed by atoms with van der Waals surface area (Å²) in [6.45, 7) is 0.552. The van der Waals surface area contributed by atoms with Crippen LogP contribution in [-0.4, -0.2) is 37.8 Å². The molecule has 1 saturated carbocycles. The highest BCUT2D eigenvalue weighted by molar-refractivity contribution is 5.87. The third kappa shape index (κ3) is 2.83. The number of carbonyl (C=O) groups excluding carboxylic acids is 1. The van der Waals surface area contributed by atoms with Crippen LogP contribution < -0.4 is 10.6 Å². The molecule has 0 aliphatic heterocycles. The molecule has 1 aliphatic rings. The van der Waals surface area contributed by atoms with Crippen LogP contribution in [0, 0.1) is 0 Å². The molecule has 0 bridgehead atoms. The number of rotatable bonds is 4. The van der Waals surface area contributed by atoms with E-state index in [-0.39, 0.29) is 17.4 Å². The summed E-state index contributed by atoms with van der Waals surface area (Å²) in [7, 11) is 1.64. The Hall–Kier alpha value is -2.51. The Morgan fingerprint density at radius 3 is 2.86 bits per heavy atom. The number of hydrogen-bond donors (Lipinski definition) is 2. The molecule has 110 valence electrons. The van der Waals surface area contributed by atoms with E-state index in [2.05, 4.69) is 31.0 Å². The van der Waals surface area contributed by atoms with E-state index in [0.29, 0.717) is 6.54 Å². The van der Waals surface area contributed by atoms with E-state index < -0.39 is 0 Å². The molecular formula is C13H17N7O. The van der Waals surface area contributed by atoms with Gasteiger partial charge in [-0.15, -0.1) is 5.10 Å². The van der Waals surface area contributed by atoms with Crippen LogP contribution in [0.15, 0.2) is 24.4 Å². The monoisotopic (exact) mass is 287 g/mol. The SMILES string of the molecule is Cn1nnc(NC(=O)NCC2(c3ccccn3)CCC2)n1. The van der Waals surface area contributed by atoms with E-state index in [1.165, 1.54) is 4.80 Å². The minimum atomic E-state index is -0.329. The number of anilines is 1. The molecule has 1 fully saturated rings. The maximum absolute atomic E-state index is 11.9. The van der Waals surface area contributed by atoms with Gasteiger partial charge in [0.15, 0.2) is 0 Å². The van der Waals surface area contributed by atoms with Crippen molar-refractivity contribution >= 4 is 12.0 Å². The Morgan fingerprint density at radius 2 is 2.29 bits per heavy atom. The summed E-state index contributed by atoms with van der Waals surface area (Å²) < 4.78 is 0. The summed E-state index contributed by atoms with van der Waals surface area (Å²) in [5, 5.41) is 16.7. The minimum Gasteiger partial charge on any atom is -0.337 e. The summed E-state index contributed by atoms with van der Waals surface area (Å²) >= 11 is 0. The summed E-state index contributed by atoms with van der Waals surface area (Å²) in [6.07, 6.45) is 5.02. The second kappa shape index (κ2) is 5.47. The van der Waals surface area contributed by atoms with Gasteiger partial charge in [-0.05, 0) is 30.2 Å². The van der Waals surface area contributed by atoms with Crippen molar-refractivity contribution in [3.63, 3.8) is 0 Å². The molecule has 21 heavy (non-hydrogen) atoms. The number of urea groups is 1. The van der Waals surface area contributed by atoms with Crippen LogP contribution in [0.2, 0.25) is 0 Å². The Labute approximate surface area is 122 Å². The lowest BCUT2D eigenvalue weighted by atomic mass is 9.66. The molecule has 2 aromatic rings. The lowest BCUT2D eigenvalue weighted by molar-refractivity contribution is 0.218. The van der Waals surface area contributed by atoms with E-state index >= 15 is 0 Å². The number of amides is 2. The highest BCUT2D eigenvalue weighted by Crippen LogP contribution is 2.42. The Bertz CT molecular complexity index is 620. The normalized spacial score (nSPS) is 16.0. The zero-order valence-electron chi connectivity index (χ0n) is 11.8. The minimum absolute atomic E-state index is 0.0472. The van der Waals surface area contributed by atoms with E-state index in [1.807, 2.05) is 18.2 Å². The summed E-state index contributed by atoms with van der Waals surface area (Å²) in [5.41, 5.74) is 0.989. The number of tetrazole rings is 1. The predicted octanol–water partition coefficient (Wildman–Crippen LogP) is 0.848. The highest BCUT2D eigenvalue weighted by atomic mass is 16.2. The topological polar surface area (TPSA) is 97.6 Å². The molecule has 1 aliphatic carbocycles. The molecule has 0 aromatic carbocycles. The van der Waals surface area contributed by atoms with Gasteiger partial charge in [-0.25, -0.2) is 4.79 Å². The van der Waals surface area contributed by atoms with Gasteiger partial charge in [-0.2, -0.15) is 4.80 Å². The van der Waals surface area contributed by atoms with Gasteiger partial charge in [0.25, 0.3) is 5.95 Å². The average molecular weight is 287 g/mol. The van der Waals surface area contributed by atoms with Crippen molar-refractivity contribution in [3.05, 3.63) is 30.1 Å². The van der Waals surface area contributed by atoms with E-state index in [0.717, 1.165) is 25.0 Å². The molecule has 2 aromatic heterocycles. The standard InChI is InChI=1S/C13H17N7O/c1-20-18-11(17-19-20)16-12(21)15-9-13(6-4-7-13)10-5-2-3-8-14-10/h2-3,5,8H,4,6-7,9H2,1H3,(H2,15,16,18,21). The maximum Gasteiger partial charge on any atom is 0.321 e. The van der Waals surface area contributed by atoms with Crippen LogP contribution in [0.25, 0.3) is 0 Å². The largest absolute Gasteiger partial charge is 0.337 e. The van der Waals surface area contributed by atoms with Crippen LogP contribution in [0.4, 0.5) is 10.7 Å². The van der Waals surface area contributed by atoms with Crippen molar-refractivity contribution in [2.45, 2.75) is 24.7 Å². The molecule has 0 atom stereocenters. The lowest BCUT2D eigenvalue weighted by Crippen LogP contribution is -2.47. The summed E-state index contributed by atoms with van der Waals surface area (Å²) in [6, 6.07) is 5.57. The van der Waals surface area contributed by atoms with Crippen LogP contribution in [0.3, 0.4) is 0 Å². The number of hydrogen-bond acceptors (Lipinski definition) is 5. The molecule has 8 nitrogen and oxygen atoms in total. The molecule has 0 unspecified atom stereocenters. The molecule has 0 spiro atoms. The first-order valence-corrected chi connectivity index (χ1v) is 6.88. The third-order valence-electron chi connectivity index (χ3n) is 3.84. The van der Waals surface area contributed by atoms with Gasteiger partial charge in [0, 0.05) is 23.9 Å². The molecule has 2 N–H and O–H groups in total. The van der Waals surface area contributed by atoms with Gasteiger partial charge in [-0.1, -0.05) is 17.6 Å². The second-order valence-corrected chi connectivity index (χ2v) is 5.26. The van der Waals surface area contributed by atoms with Gasteiger partial charge < -0.3 is 5.32 Å². The summed E-state index contributed by atoms with van der Waals surface area (Å²) in [5.74, 6) is 0.190. The first-order chi connectivity index (χ1) is 10.2. The van der Waals surface area contributed by atoms with Crippen LogP contribution >= 0.6 is 0 Å². The van der Waals surface area contributed by atoms with Crippen molar-refractivity contribution in [2.75, 3.05) is 11.9 Å². The molecule has 2 heterocycles. The first-order valence-electron chi connectivity index (χ1n) is 6.88. The zero-order chi connectivity index (χ0) is 14.7. The number of nitrogens with one attached hydrogen (secondary N) is 2. The fourth-order valence-corrected chi connectivity index (χ4v) is 2.53. The fraction of sp³-hybridized carbons (Fsp3) is 0.462. The van der Waals surface area contributed by atoms with Crippen LogP contribution in [0.1, 0.15) is 25.0 Å². The smallest absolute Gasteiger partial charge is 0.321 e. The number of pyridine rings is 1. The van der Waals surface area contributed by atoms with Gasteiger partial charge >= 0.3 is 6.03 Å². The quantitative estimate of drug-likeness (QED) is 0.868. The van der Waals surface area contributed by atoms with Crippen molar-refractivity contribution < 1.29 is 4.79 Å². The maximum atomic E-state index is 11.9. The number of carbonyl (C=O) groups is 1. The van der Waals surface area contributed by atoms with E-state index in [4.69, 9.17) is 0 Å². The Morgan fingerprint density at radius 1 is 1.43 bits per heavy atom. The molecule has 0 saturated heterocycles. The fourth-order valence-electron chi connectivity index (χ4n) is 2.53. The van der Waals surface area contributed by atoms with Crippen LogP contribution in [-0.2, 0) is 12.5 Å². The Kier molecular flexibility index (Phi) is 3.51. The van der Waals surface area contributed by atoms with Crippen molar-refractivity contribution in [2.24, 2.45) is 7.05 Å². The first kappa shape index (κ1) is 13.5. The van der Waals surface area contributed by atoms with Crippen molar-refractivity contribution in [1.29, 1.82) is 0 Å². The van der Waals surface area contributed by atoms with Gasteiger partial charge in [0.2, 0.25) is 0 Å². The van der Waals surface area contributed by atoms with Crippen molar-refractivity contribution in [1.82, 2.24) is 30.5 Å². The number of nitrogens with zero attached hydrogens (tertiary/aromatic N) is 5. The average Bonchev–Trinajstić information content (AvgIpc) is 2.84. The van der Waals surface area contributed by atoms with Crippen LogP contribution in [0.5, 0.6) is 0 Å². The lowest BCUT2D eigenvalue weighted by Gasteiger charge is -2.41. The summed E-state index contributed by atoms with van der Waals surface area (Å²) in [4.78, 5) is 17.6. The van der Waals surface area contributed by atoms with Gasteiger partial charge in [-0.3, -0.25) is 10.3 Å². The molecule has 0 radical (unpaired) electrons. The van der Waals surface area contributed by atoms with Gasteiger partial charge in [0.1, 0.15) is 0 Å². The third-order valence-corrected chi connectivity index (χ3v) is 3.84. The molecule has 2 amide bonds. The zero-order valence-corrected chi connectivity index (χ0v) is 11.8. The predicted molar refractivity (Wildman–Crippen MR) is 75.6 cm³/mol. The molecule has 8 heteroatoms. The Balaban J connectivity index is 1.59. The molecular weight excluding hydrogens is 270 g/mol. The van der Waals surface area contributed by atoms with Gasteiger partial charge in [0.05, 0.1) is 7.05 Å². The number of aromatic nitrogens is 5. The highest BCUT2D eigenvalue weighted by Gasteiger charge is 2.40.